The Labute approximate surface area is 120 Å². The second-order valence-corrected chi connectivity index (χ2v) is 5.15. The van der Waals surface area contributed by atoms with Gasteiger partial charge in [0, 0.05) is 42.8 Å². The summed E-state index contributed by atoms with van der Waals surface area (Å²) in [5, 5.41) is 0.780. The zero-order chi connectivity index (χ0) is 14.4. The number of hydrogen-bond donors (Lipinski definition) is 1. The molecule has 106 valence electrons. The molecular weight excluding hydrogens is 269 g/mol. The monoisotopic (exact) mass is 283 g/mol. The Morgan fingerprint density at radius 2 is 2.10 bits per heavy atom. The third-order valence-electron chi connectivity index (χ3n) is 3.91. The van der Waals surface area contributed by atoms with Crippen molar-refractivity contribution >= 4 is 22.3 Å². The number of benzene rings is 1. The van der Waals surface area contributed by atoms with Crippen LogP contribution in [0.25, 0.3) is 10.9 Å². The molecule has 0 atom stereocenters. The largest absolute Gasteiger partial charge is 0.398 e. The molecule has 2 N–H and O–H groups in total. The van der Waals surface area contributed by atoms with E-state index in [2.05, 4.69) is 14.5 Å². The van der Waals surface area contributed by atoms with Gasteiger partial charge in [-0.05, 0) is 18.2 Å². The van der Waals surface area contributed by atoms with Crippen molar-refractivity contribution in [1.82, 2.24) is 14.5 Å². The number of aromatic nitrogens is 3. The molecule has 3 aromatic rings. The SMILES string of the molecule is Nc1cc(F)c(N2CCn3ccnc3C2)c2ncccc12. The van der Waals surface area contributed by atoms with Gasteiger partial charge in [0.2, 0.25) is 0 Å². The van der Waals surface area contributed by atoms with Crippen molar-refractivity contribution in [2.24, 2.45) is 0 Å². The second kappa shape index (κ2) is 4.44. The number of pyridine rings is 1. The lowest BCUT2D eigenvalue weighted by Crippen LogP contribution is -2.34. The van der Waals surface area contributed by atoms with Gasteiger partial charge < -0.3 is 15.2 Å². The minimum absolute atomic E-state index is 0.335. The van der Waals surface area contributed by atoms with Crippen molar-refractivity contribution in [2.75, 3.05) is 17.2 Å². The van der Waals surface area contributed by atoms with Gasteiger partial charge in [-0.3, -0.25) is 4.98 Å². The van der Waals surface area contributed by atoms with Gasteiger partial charge in [-0.25, -0.2) is 9.37 Å². The molecule has 1 aromatic carbocycles. The van der Waals surface area contributed by atoms with Crippen LogP contribution in [0.1, 0.15) is 5.82 Å². The maximum Gasteiger partial charge on any atom is 0.150 e. The summed E-state index contributed by atoms with van der Waals surface area (Å²) in [7, 11) is 0. The van der Waals surface area contributed by atoms with Crippen LogP contribution in [0.2, 0.25) is 0 Å². The van der Waals surface area contributed by atoms with E-state index >= 15 is 0 Å². The molecule has 0 saturated carbocycles. The van der Waals surface area contributed by atoms with Crippen molar-refractivity contribution in [3.8, 4) is 0 Å². The zero-order valence-corrected chi connectivity index (χ0v) is 11.3. The summed E-state index contributed by atoms with van der Waals surface area (Å²) < 4.78 is 16.6. The molecule has 0 spiro atoms. The van der Waals surface area contributed by atoms with Crippen LogP contribution in [0.3, 0.4) is 0 Å². The highest BCUT2D eigenvalue weighted by molar-refractivity contribution is 5.98. The van der Waals surface area contributed by atoms with Crippen LogP contribution in [0, 0.1) is 5.82 Å². The number of imidazole rings is 1. The van der Waals surface area contributed by atoms with Gasteiger partial charge in [0.1, 0.15) is 11.5 Å². The summed E-state index contributed by atoms with van der Waals surface area (Å²) in [5.41, 5.74) is 7.43. The molecule has 6 heteroatoms. The molecule has 0 radical (unpaired) electrons. The maximum atomic E-state index is 14.5. The van der Waals surface area contributed by atoms with Crippen molar-refractivity contribution in [3.63, 3.8) is 0 Å². The molecule has 0 fully saturated rings. The topological polar surface area (TPSA) is 60.0 Å². The molecule has 21 heavy (non-hydrogen) atoms. The van der Waals surface area contributed by atoms with E-state index in [1.165, 1.54) is 6.07 Å². The summed E-state index contributed by atoms with van der Waals surface area (Å²) in [5.74, 6) is 0.597. The van der Waals surface area contributed by atoms with Gasteiger partial charge in [0.15, 0.2) is 5.82 Å². The van der Waals surface area contributed by atoms with Crippen LogP contribution in [0.15, 0.2) is 36.8 Å². The normalized spacial score (nSPS) is 14.4. The molecule has 3 heterocycles. The number of rotatable bonds is 1. The lowest BCUT2D eigenvalue weighted by atomic mass is 10.1. The van der Waals surface area contributed by atoms with Crippen LogP contribution in [-0.2, 0) is 13.1 Å². The lowest BCUT2D eigenvalue weighted by molar-refractivity contribution is 0.545. The van der Waals surface area contributed by atoms with Gasteiger partial charge in [0.25, 0.3) is 0 Å². The Kier molecular flexibility index (Phi) is 2.57. The van der Waals surface area contributed by atoms with Gasteiger partial charge in [-0.2, -0.15) is 0 Å². The van der Waals surface area contributed by atoms with E-state index in [1.807, 2.05) is 23.2 Å². The third-order valence-corrected chi connectivity index (χ3v) is 3.91. The van der Waals surface area contributed by atoms with Crippen LogP contribution in [-0.4, -0.2) is 21.1 Å². The van der Waals surface area contributed by atoms with Crippen LogP contribution >= 0.6 is 0 Å². The Hall–Kier alpha value is -2.63. The Bertz CT molecular complexity index is 826. The molecule has 5 nitrogen and oxygen atoms in total. The first-order chi connectivity index (χ1) is 10.2. The highest BCUT2D eigenvalue weighted by Gasteiger charge is 2.23. The van der Waals surface area contributed by atoms with E-state index in [0.717, 1.165) is 24.3 Å². The first-order valence-electron chi connectivity index (χ1n) is 6.81. The molecule has 0 saturated heterocycles. The van der Waals surface area contributed by atoms with E-state index in [0.29, 0.717) is 23.4 Å². The minimum Gasteiger partial charge on any atom is -0.398 e. The average Bonchev–Trinajstić information content (AvgIpc) is 2.95. The smallest absolute Gasteiger partial charge is 0.150 e. The number of nitrogens with two attached hydrogens (primary N) is 1. The number of hydrogen-bond acceptors (Lipinski definition) is 4. The van der Waals surface area contributed by atoms with E-state index in [1.54, 1.807) is 12.4 Å². The van der Waals surface area contributed by atoms with Crippen molar-refractivity contribution < 1.29 is 4.39 Å². The maximum absolute atomic E-state index is 14.5. The highest BCUT2D eigenvalue weighted by Crippen LogP contribution is 2.33. The molecule has 4 rings (SSSR count). The number of nitrogens with zero attached hydrogens (tertiary/aromatic N) is 4. The molecule has 0 bridgehead atoms. The summed E-state index contributed by atoms with van der Waals surface area (Å²) in [6.45, 7) is 2.07. The number of halogens is 1. The first-order valence-corrected chi connectivity index (χ1v) is 6.81. The van der Waals surface area contributed by atoms with Crippen LogP contribution in [0.5, 0.6) is 0 Å². The fourth-order valence-corrected chi connectivity index (χ4v) is 2.89. The quantitative estimate of drug-likeness (QED) is 0.695. The van der Waals surface area contributed by atoms with Crippen molar-refractivity contribution in [3.05, 3.63) is 48.4 Å². The predicted molar refractivity (Wildman–Crippen MR) is 79.4 cm³/mol. The van der Waals surface area contributed by atoms with E-state index in [9.17, 15) is 4.39 Å². The van der Waals surface area contributed by atoms with Crippen LogP contribution in [0.4, 0.5) is 15.8 Å². The molecular formula is C15H14FN5. The Morgan fingerprint density at radius 1 is 1.19 bits per heavy atom. The van der Waals surface area contributed by atoms with Gasteiger partial charge >= 0.3 is 0 Å². The van der Waals surface area contributed by atoms with E-state index < -0.39 is 0 Å². The van der Waals surface area contributed by atoms with Gasteiger partial charge in [-0.1, -0.05) is 0 Å². The van der Waals surface area contributed by atoms with Gasteiger partial charge in [0.05, 0.1) is 12.1 Å². The minimum atomic E-state index is -0.335. The number of anilines is 2. The summed E-state index contributed by atoms with van der Waals surface area (Å²) in [6, 6.07) is 5.05. The molecule has 1 aliphatic heterocycles. The number of fused-ring (bicyclic) bond motifs is 2. The first kappa shape index (κ1) is 12.1. The highest BCUT2D eigenvalue weighted by atomic mass is 19.1. The zero-order valence-electron chi connectivity index (χ0n) is 11.3. The fourth-order valence-electron chi connectivity index (χ4n) is 2.89. The Balaban J connectivity index is 1.88. The standard InChI is InChI=1S/C15H14FN5/c16-11-8-12(17)10-2-1-3-19-14(10)15(11)21-7-6-20-5-4-18-13(20)9-21/h1-5,8H,6-7,9,17H2. The van der Waals surface area contributed by atoms with E-state index in [-0.39, 0.29) is 5.82 Å². The van der Waals surface area contributed by atoms with Crippen molar-refractivity contribution in [2.45, 2.75) is 13.1 Å². The summed E-state index contributed by atoms with van der Waals surface area (Å²) in [4.78, 5) is 10.6. The van der Waals surface area contributed by atoms with Crippen molar-refractivity contribution in [1.29, 1.82) is 0 Å². The third kappa shape index (κ3) is 1.83. The molecule has 1 aliphatic rings. The molecule has 0 aliphatic carbocycles. The molecule has 2 aromatic heterocycles. The van der Waals surface area contributed by atoms with Gasteiger partial charge in [-0.15, -0.1) is 0 Å². The van der Waals surface area contributed by atoms with Crippen LogP contribution < -0.4 is 10.6 Å². The molecule has 0 unspecified atom stereocenters. The molecule has 0 amide bonds. The average molecular weight is 283 g/mol. The number of nitrogen functional groups attached to an aromatic ring is 1. The lowest BCUT2D eigenvalue weighted by Gasteiger charge is -2.30. The fraction of sp³-hybridized carbons (Fsp3) is 0.200. The Morgan fingerprint density at radius 3 is 3.00 bits per heavy atom. The second-order valence-electron chi connectivity index (χ2n) is 5.15. The predicted octanol–water partition coefficient (Wildman–Crippen LogP) is 2.17. The van der Waals surface area contributed by atoms with E-state index in [4.69, 9.17) is 5.73 Å². The summed E-state index contributed by atoms with van der Waals surface area (Å²) >= 11 is 0. The summed E-state index contributed by atoms with van der Waals surface area (Å²) in [6.07, 6.45) is 5.38.